The number of H-pyrrole nitrogens is 1. The number of aromatic amines is 1. The molecule has 0 bridgehead atoms. The lowest BCUT2D eigenvalue weighted by Gasteiger charge is -2.36. The maximum Gasteiger partial charge on any atom is 0.270 e. The van der Waals surface area contributed by atoms with Gasteiger partial charge in [0.05, 0.1) is 17.4 Å². The monoisotopic (exact) mass is 486 g/mol. The lowest BCUT2D eigenvalue weighted by Crippen LogP contribution is -2.46. The van der Waals surface area contributed by atoms with E-state index in [0.717, 1.165) is 24.6 Å². The molecule has 0 atom stereocenters. The van der Waals surface area contributed by atoms with Gasteiger partial charge in [-0.05, 0) is 43.5 Å². The van der Waals surface area contributed by atoms with Crippen molar-refractivity contribution in [1.82, 2.24) is 25.2 Å². The van der Waals surface area contributed by atoms with Crippen molar-refractivity contribution in [3.05, 3.63) is 63.1 Å². The van der Waals surface area contributed by atoms with Gasteiger partial charge < -0.3 is 15.2 Å². The van der Waals surface area contributed by atoms with Crippen LogP contribution < -0.4 is 15.8 Å². The van der Waals surface area contributed by atoms with Gasteiger partial charge in [-0.1, -0.05) is 0 Å². The first-order chi connectivity index (χ1) is 16.8. The SMILES string of the molecule is Cc1nc2c(F)cc(CN3CCN(c4ccc(C(=O)NC5CC5)nc4)CC3)c(C(F)F)c2[nH]c1=O. The fraction of sp³-hybridized carbons (Fsp3) is 0.417. The minimum Gasteiger partial charge on any atom is -0.368 e. The molecule has 5 rings (SSSR count). The van der Waals surface area contributed by atoms with Crippen molar-refractivity contribution >= 4 is 22.6 Å². The molecule has 35 heavy (non-hydrogen) atoms. The van der Waals surface area contributed by atoms with E-state index in [1.165, 1.54) is 6.92 Å². The Morgan fingerprint density at radius 1 is 1.23 bits per heavy atom. The number of carbonyl (C=O) groups excluding carboxylic acids is 1. The van der Waals surface area contributed by atoms with Gasteiger partial charge in [0.2, 0.25) is 0 Å². The molecule has 0 unspecified atom stereocenters. The molecule has 0 radical (unpaired) electrons. The number of fused-ring (bicyclic) bond motifs is 1. The molecule has 8 nitrogen and oxygen atoms in total. The van der Waals surface area contributed by atoms with Crippen molar-refractivity contribution in [2.75, 3.05) is 31.1 Å². The summed E-state index contributed by atoms with van der Waals surface area (Å²) in [4.78, 5) is 38.7. The van der Waals surface area contributed by atoms with Crippen LogP contribution in [0.3, 0.4) is 0 Å². The number of nitrogens with one attached hydrogen (secondary N) is 2. The number of piperazine rings is 1. The average Bonchev–Trinajstić information content (AvgIpc) is 3.65. The van der Waals surface area contributed by atoms with Crippen LogP contribution in [0.1, 0.15) is 46.6 Å². The number of halogens is 3. The van der Waals surface area contributed by atoms with Crippen LogP contribution in [0.15, 0.2) is 29.2 Å². The summed E-state index contributed by atoms with van der Waals surface area (Å²) in [6.07, 6.45) is 0.785. The van der Waals surface area contributed by atoms with Crippen LogP contribution in [-0.2, 0) is 6.54 Å². The Balaban J connectivity index is 1.28. The highest BCUT2D eigenvalue weighted by Crippen LogP contribution is 2.32. The Morgan fingerprint density at radius 3 is 2.60 bits per heavy atom. The standard InChI is InChI=1S/C24H25F3N6O2/c1-13-23(34)31-21-19(22(26)27)14(10-17(25)20(21)29-13)12-32-6-8-33(9-7-32)16-4-5-18(28-11-16)24(35)30-15-2-3-15/h4-5,10-11,15,22H,2-3,6-9,12H2,1H3,(H,30,35)(H,31,34). The lowest BCUT2D eigenvalue weighted by atomic mass is 10.0. The topological polar surface area (TPSA) is 94.2 Å². The van der Waals surface area contributed by atoms with Crippen LogP contribution in [0.2, 0.25) is 0 Å². The number of alkyl halides is 2. The fourth-order valence-corrected chi connectivity index (χ4v) is 4.34. The Morgan fingerprint density at radius 2 is 1.97 bits per heavy atom. The number of rotatable bonds is 6. The second kappa shape index (κ2) is 9.29. The molecule has 1 aliphatic carbocycles. The highest BCUT2D eigenvalue weighted by molar-refractivity contribution is 5.92. The van der Waals surface area contributed by atoms with E-state index >= 15 is 0 Å². The minimum absolute atomic E-state index is 0.0200. The van der Waals surface area contributed by atoms with E-state index < -0.39 is 23.4 Å². The summed E-state index contributed by atoms with van der Waals surface area (Å²) in [6.45, 7) is 3.89. The molecule has 1 aliphatic heterocycles. The molecule has 1 saturated heterocycles. The zero-order valence-corrected chi connectivity index (χ0v) is 19.2. The average molecular weight is 486 g/mol. The number of pyridine rings is 1. The van der Waals surface area contributed by atoms with Crippen LogP contribution in [0.5, 0.6) is 0 Å². The summed E-state index contributed by atoms with van der Waals surface area (Å²) in [5.41, 5.74) is -0.115. The number of aryl methyl sites for hydroxylation is 1. The molecule has 184 valence electrons. The molecule has 3 heterocycles. The Labute approximate surface area is 199 Å². The summed E-state index contributed by atoms with van der Waals surface area (Å²) < 4.78 is 42.7. The molecule has 1 saturated carbocycles. The van der Waals surface area contributed by atoms with Gasteiger partial charge in [-0.2, -0.15) is 0 Å². The van der Waals surface area contributed by atoms with Gasteiger partial charge in [-0.15, -0.1) is 0 Å². The van der Waals surface area contributed by atoms with Crippen LogP contribution in [0, 0.1) is 12.7 Å². The highest BCUT2D eigenvalue weighted by Gasteiger charge is 2.26. The maximum atomic E-state index is 14.7. The number of aromatic nitrogens is 3. The maximum absolute atomic E-state index is 14.7. The zero-order chi connectivity index (χ0) is 24.7. The van der Waals surface area contributed by atoms with Crippen molar-refractivity contribution in [3.8, 4) is 0 Å². The number of anilines is 1. The number of benzene rings is 1. The quantitative estimate of drug-likeness (QED) is 0.557. The molecule has 1 aromatic carbocycles. The third-order valence-electron chi connectivity index (χ3n) is 6.47. The van der Waals surface area contributed by atoms with Crippen LogP contribution >= 0.6 is 0 Å². The largest absolute Gasteiger partial charge is 0.368 e. The lowest BCUT2D eigenvalue weighted by molar-refractivity contribution is 0.0946. The van der Waals surface area contributed by atoms with Crippen LogP contribution in [0.4, 0.5) is 18.9 Å². The van der Waals surface area contributed by atoms with Gasteiger partial charge in [-0.3, -0.25) is 14.5 Å². The molecule has 2 aliphatic rings. The summed E-state index contributed by atoms with van der Waals surface area (Å²) in [6, 6.07) is 4.90. The number of hydrogen-bond acceptors (Lipinski definition) is 6. The Kier molecular flexibility index (Phi) is 6.18. The highest BCUT2D eigenvalue weighted by atomic mass is 19.3. The molecule has 3 aromatic rings. The van der Waals surface area contributed by atoms with Crippen molar-refractivity contribution in [3.63, 3.8) is 0 Å². The minimum atomic E-state index is -2.89. The predicted octanol–water partition coefficient (Wildman–Crippen LogP) is 2.92. The number of hydrogen-bond donors (Lipinski definition) is 2. The van der Waals surface area contributed by atoms with E-state index in [1.54, 1.807) is 12.3 Å². The second-order valence-corrected chi connectivity index (χ2v) is 9.02. The normalized spacial score (nSPS) is 16.8. The molecule has 11 heteroatoms. The summed E-state index contributed by atoms with van der Waals surface area (Å²) in [5, 5.41) is 2.91. The third-order valence-corrected chi connectivity index (χ3v) is 6.47. The van der Waals surface area contributed by atoms with E-state index in [4.69, 9.17) is 0 Å². The zero-order valence-electron chi connectivity index (χ0n) is 19.2. The van der Waals surface area contributed by atoms with Gasteiger partial charge in [-0.25, -0.2) is 23.1 Å². The molecule has 2 aromatic heterocycles. The van der Waals surface area contributed by atoms with E-state index in [0.29, 0.717) is 31.9 Å². The number of carbonyl (C=O) groups is 1. The van der Waals surface area contributed by atoms with Crippen molar-refractivity contribution < 1.29 is 18.0 Å². The molecule has 2 N–H and O–H groups in total. The van der Waals surface area contributed by atoms with Crippen molar-refractivity contribution in [2.24, 2.45) is 0 Å². The molecular weight excluding hydrogens is 461 g/mol. The van der Waals surface area contributed by atoms with E-state index in [1.807, 2.05) is 11.0 Å². The van der Waals surface area contributed by atoms with Gasteiger partial charge in [0.15, 0.2) is 5.82 Å². The van der Waals surface area contributed by atoms with Crippen molar-refractivity contribution in [1.29, 1.82) is 0 Å². The molecule has 2 fully saturated rings. The van der Waals surface area contributed by atoms with Crippen molar-refractivity contribution in [2.45, 2.75) is 38.8 Å². The fourth-order valence-electron chi connectivity index (χ4n) is 4.34. The van der Waals surface area contributed by atoms with E-state index in [-0.39, 0.29) is 40.8 Å². The molecular formula is C24H25F3N6O2. The Hall–Kier alpha value is -3.47. The third kappa shape index (κ3) is 4.86. The van der Waals surface area contributed by atoms with E-state index in [2.05, 4.69) is 25.2 Å². The first-order valence-corrected chi connectivity index (χ1v) is 11.5. The van der Waals surface area contributed by atoms with E-state index in [9.17, 15) is 22.8 Å². The van der Waals surface area contributed by atoms with Crippen LogP contribution in [0.25, 0.3) is 11.0 Å². The first kappa shape index (κ1) is 23.3. The van der Waals surface area contributed by atoms with Crippen LogP contribution in [-0.4, -0.2) is 58.0 Å². The molecule has 1 amide bonds. The summed E-state index contributed by atoms with van der Waals surface area (Å²) in [5.74, 6) is -0.915. The van der Waals surface area contributed by atoms with Gasteiger partial charge in [0.25, 0.3) is 17.9 Å². The summed E-state index contributed by atoms with van der Waals surface area (Å²) in [7, 11) is 0. The summed E-state index contributed by atoms with van der Waals surface area (Å²) >= 11 is 0. The Bertz CT molecular complexity index is 1320. The number of amides is 1. The predicted molar refractivity (Wildman–Crippen MR) is 124 cm³/mol. The van der Waals surface area contributed by atoms with Gasteiger partial charge in [0, 0.05) is 44.3 Å². The van der Waals surface area contributed by atoms with Gasteiger partial charge in [0.1, 0.15) is 16.9 Å². The first-order valence-electron chi connectivity index (χ1n) is 11.5. The van der Waals surface area contributed by atoms with Gasteiger partial charge >= 0.3 is 0 Å². The smallest absolute Gasteiger partial charge is 0.270 e. The second-order valence-electron chi connectivity index (χ2n) is 9.02. The number of nitrogens with zero attached hydrogens (tertiary/aromatic N) is 4. The molecule has 0 spiro atoms.